The summed E-state index contributed by atoms with van der Waals surface area (Å²) in [6.07, 6.45) is -0.940. The fourth-order valence-corrected chi connectivity index (χ4v) is 2.53. The van der Waals surface area contributed by atoms with Crippen LogP contribution in [0.5, 0.6) is 5.75 Å². The average molecular weight is 234 g/mol. The predicted molar refractivity (Wildman–Crippen MR) is 59.9 cm³/mol. The molecule has 1 aromatic carbocycles. The molecule has 1 aliphatic carbocycles. The highest BCUT2D eigenvalue weighted by atomic mass is 16.7. The number of aliphatic hydroxyl groups excluding tert-OH is 1. The first-order chi connectivity index (χ1) is 7.98. The Morgan fingerprint density at radius 1 is 1.41 bits per heavy atom. The van der Waals surface area contributed by atoms with Crippen molar-refractivity contribution in [2.75, 3.05) is 0 Å². The minimum absolute atomic E-state index is 0.245. The molecule has 3 rings (SSSR count). The second-order valence-corrected chi connectivity index (χ2v) is 4.94. The average Bonchev–Trinajstić information content (AvgIpc) is 2.23. The Bertz CT molecular complexity index is 492. The minimum Gasteiger partial charge on any atom is -0.463 e. The van der Waals surface area contributed by atoms with Crippen LogP contribution in [0.1, 0.15) is 42.3 Å². The van der Waals surface area contributed by atoms with Crippen molar-refractivity contribution < 1.29 is 19.4 Å². The molecule has 1 heterocycles. The maximum atomic E-state index is 11.9. The summed E-state index contributed by atoms with van der Waals surface area (Å²) in [7, 11) is 0. The Balaban J connectivity index is 2.19. The molecule has 0 radical (unpaired) electrons. The van der Waals surface area contributed by atoms with Gasteiger partial charge in [0.15, 0.2) is 5.78 Å². The van der Waals surface area contributed by atoms with Crippen molar-refractivity contribution in [3.8, 4) is 5.75 Å². The molecule has 0 saturated heterocycles. The molecule has 0 spiro atoms. The second-order valence-electron chi connectivity index (χ2n) is 4.94. The molecule has 2 aliphatic rings. The number of rotatable bonds is 0. The normalized spacial score (nSPS) is 29.5. The van der Waals surface area contributed by atoms with Gasteiger partial charge in [-0.3, -0.25) is 4.79 Å². The summed E-state index contributed by atoms with van der Waals surface area (Å²) in [4.78, 5) is 11.9. The molecule has 4 nitrogen and oxygen atoms in total. The molecule has 0 unspecified atom stereocenters. The van der Waals surface area contributed by atoms with Crippen LogP contribution in [-0.4, -0.2) is 22.8 Å². The monoisotopic (exact) mass is 234 g/mol. The van der Waals surface area contributed by atoms with E-state index in [0.717, 1.165) is 5.56 Å². The van der Waals surface area contributed by atoms with Crippen LogP contribution in [0, 0.1) is 0 Å². The maximum Gasteiger partial charge on any atom is 0.205 e. The summed E-state index contributed by atoms with van der Waals surface area (Å²) >= 11 is 0. The van der Waals surface area contributed by atoms with Crippen LogP contribution < -0.4 is 4.74 Å². The Labute approximate surface area is 99.2 Å². The lowest BCUT2D eigenvalue weighted by Gasteiger charge is -2.41. The van der Waals surface area contributed by atoms with E-state index in [1.807, 2.05) is 19.9 Å². The van der Waals surface area contributed by atoms with E-state index in [-0.39, 0.29) is 11.9 Å². The van der Waals surface area contributed by atoms with Crippen LogP contribution in [0.3, 0.4) is 0 Å². The van der Waals surface area contributed by atoms with Crippen molar-refractivity contribution in [1.82, 2.24) is 0 Å². The molecule has 0 aromatic heterocycles. The van der Waals surface area contributed by atoms with E-state index in [9.17, 15) is 9.90 Å². The summed E-state index contributed by atoms with van der Waals surface area (Å²) in [6, 6.07) is 5.31. The molecule has 2 atom stereocenters. The van der Waals surface area contributed by atoms with Crippen molar-refractivity contribution in [2.45, 2.75) is 38.3 Å². The molecular formula is C13H14O4. The number of carbonyl (C=O) groups excluding carboxylic acids is 1. The predicted octanol–water partition coefficient (Wildman–Crippen LogP) is 1.82. The molecule has 0 amide bonds. The Morgan fingerprint density at radius 2 is 2.18 bits per heavy atom. The molecule has 1 aromatic rings. The maximum absolute atomic E-state index is 11.9. The van der Waals surface area contributed by atoms with Crippen LogP contribution in [0.2, 0.25) is 0 Å². The van der Waals surface area contributed by atoms with Gasteiger partial charge >= 0.3 is 0 Å². The first kappa shape index (κ1) is 10.7. The SMILES string of the molecule is CC1(C)Oc2cccc3c2[C@H](C[C@@H](O)C3=O)O1. The van der Waals surface area contributed by atoms with Crippen LogP contribution in [-0.2, 0) is 4.74 Å². The zero-order chi connectivity index (χ0) is 12.2. The van der Waals surface area contributed by atoms with Gasteiger partial charge in [-0.15, -0.1) is 0 Å². The number of benzene rings is 1. The highest BCUT2D eigenvalue weighted by Gasteiger charge is 2.42. The lowest BCUT2D eigenvalue weighted by atomic mass is 9.85. The van der Waals surface area contributed by atoms with Gasteiger partial charge in [-0.1, -0.05) is 12.1 Å². The third kappa shape index (κ3) is 1.56. The van der Waals surface area contributed by atoms with Crippen molar-refractivity contribution in [2.24, 2.45) is 0 Å². The van der Waals surface area contributed by atoms with Crippen molar-refractivity contribution in [3.63, 3.8) is 0 Å². The summed E-state index contributed by atoms with van der Waals surface area (Å²) in [5.74, 6) is -0.287. The first-order valence-corrected chi connectivity index (χ1v) is 5.70. The fraction of sp³-hybridized carbons (Fsp3) is 0.462. The standard InChI is InChI=1S/C13H14O4/c1-13(2)16-9-5-3-4-7-11(9)10(17-13)6-8(14)12(7)15/h3-5,8,10,14H,6H2,1-2H3/t8-,10+/m1/s1. The Kier molecular flexibility index (Phi) is 2.09. The van der Waals surface area contributed by atoms with Gasteiger partial charge < -0.3 is 14.6 Å². The lowest BCUT2D eigenvalue weighted by Crippen LogP contribution is -2.42. The molecule has 90 valence electrons. The van der Waals surface area contributed by atoms with E-state index in [1.54, 1.807) is 12.1 Å². The molecule has 1 N–H and O–H groups in total. The zero-order valence-corrected chi connectivity index (χ0v) is 9.77. The third-order valence-electron chi connectivity index (χ3n) is 3.18. The smallest absolute Gasteiger partial charge is 0.205 e. The van der Waals surface area contributed by atoms with Gasteiger partial charge in [0.25, 0.3) is 0 Å². The number of ether oxygens (including phenoxy) is 2. The van der Waals surface area contributed by atoms with E-state index in [0.29, 0.717) is 17.7 Å². The van der Waals surface area contributed by atoms with Gasteiger partial charge in [0.1, 0.15) is 11.9 Å². The summed E-state index contributed by atoms with van der Waals surface area (Å²) in [5.41, 5.74) is 1.30. The summed E-state index contributed by atoms with van der Waals surface area (Å²) in [6.45, 7) is 3.65. The van der Waals surface area contributed by atoms with Crippen molar-refractivity contribution in [1.29, 1.82) is 0 Å². The largest absolute Gasteiger partial charge is 0.463 e. The summed E-state index contributed by atoms with van der Waals surface area (Å²) in [5, 5.41) is 9.74. The van der Waals surface area contributed by atoms with Gasteiger partial charge in [0.2, 0.25) is 5.79 Å². The molecule has 0 bridgehead atoms. The van der Waals surface area contributed by atoms with Gasteiger partial charge in [0, 0.05) is 31.4 Å². The number of aliphatic hydroxyl groups is 1. The molecule has 1 aliphatic heterocycles. The van der Waals surface area contributed by atoms with E-state index < -0.39 is 11.9 Å². The van der Waals surface area contributed by atoms with Gasteiger partial charge in [-0.2, -0.15) is 0 Å². The van der Waals surface area contributed by atoms with Crippen LogP contribution in [0.4, 0.5) is 0 Å². The van der Waals surface area contributed by atoms with Crippen molar-refractivity contribution in [3.05, 3.63) is 29.3 Å². The molecule has 0 fully saturated rings. The van der Waals surface area contributed by atoms with Crippen LogP contribution >= 0.6 is 0 Å². The summed E-state index contributed by atoms with van der Waals surface area (Å²) < 4.78 is 11.5. The molecule has 4 heteroatoms. The van der Waals surface area contributed by atoms with E-state index >= 15 is 0 Å². The second kappa shape index (κ2) is 3.31. The molecule has 17 heavy (non-hydrogen) atoms. The Hall–Kier alpha value is -1.39. The highest BCUT2D eigenvalue weighted by molar-refractivity contribution is 6.02. The third-order valence-corrected chi connectivity index (χ3v) is 3.18. The fourth-order valence-electron chi connectivity index (χ4n) is 2.53. The quantitative estimate of drug-likeness (QED) is 0.744. The lowest BCUT2D eigenvalue weighted by molar-refractivity contribution is -0.212. The Morgan fingerprint density at radius 3 is 2.94 bits per heavy atom. The van der Waals surface area contributed by atoms with Crippen LogP contribution in [0.15, 0.2) is 18.2 Å². The zero-order valence-electron chi connectivity index (χ0n) is 9.77. The van der Waals surface area contributed by atoms with Gasteiger partial charge in [0.05, 0.1) is 6.10 Å². The topological polar surface area (TPSA) is 55.8 Å². The first-order valence-electron chi connectivity index (χ1n) is 5.70. The minimum atomic E-state index is -0.975. The van der Waals surface area contributed by atoms with E-state index in [1.165, 1.54) is 0 Å². The number of hydrogen-bond donors (Lipinski definition) is 1. The van der Waals surface area contributed by atoms with Crippen LogP contribution in [0.25, 0.3) is 0 Å². The molecular weight excluding hydrogens is 220 g/mol. The number of ketones is 1. The van der Waals surface area contributed by atoms with E-state index in [2.05, 4.69) is 0 Å². The van der Waals surface area contributed by atoms with Gasteiger partial charge in [-0.25, -0.2) is 0 Å². The number of carbonyl (C=O) groups is 1. The van der Waals surface area contributed by atoms with Crippen molar-refractivity contribution >= 4 is 5.78 Å². The number of Topliss-reactive ketones (excluding diaryl/α,β-unsaturated/α-hetero) is 1. The van der Waals surface area contributed by atoms with Gasteiger partial charge in [-0.05, 0) is 6.07 Å². The highest BCUT2D eigenvalue weighted by Crippen LogP contribution is 2.45. The number of hydrogen-bond acceptors (Lipinski definition) is 4. The van der Waals surface area contributed by atoms with E-state index in [4.69, 9.17) is 9.47 Å². The molecule has 0 saturated carbocycles.